The van der Waals surface area contributed by atoms with Crippen LogP contribution in [-0.4, -0.2) is 25.7 Å². The van der Waals surface area contributed by atoms with Gasteiger partial charge in [-0.2, -0.15) is 13.2 Å². The Morgan fingerprint density at radius 1 is 1.17 bits per heavy atom. The van der Waals surface area contributed by atoms with Gasteiger partial charge in [0.15, 0.2) is 0 Å². The van der Waals surface area contributed by atoms with Crippen molar-refractivity contribution in [3.05, 3.63) is 35.4 Å². The SMILES string of the molecule is FC(F)(F)c1ccccc1CCC1CNCCN1. The van der Waals surface area contributed by atoms with Gasteiger partial charge in [0.2, 0.25) is 0 Å². The molecule has 1 aliphatic heterocycles. The van der Waals surface area contributed by atoms with E-state index < -0.39 is 11.7 Å². The van der Waals surface area contributed by atoms with Crippen LogP contribution in [0.4, 0.5) is 13.2 Å². The van der Waals surface area contributed by atoms with Crippen LogP contribution < -0.4 is 10.6 Å². The van der Waals surface area contributed by atoms with Gasteiger partial charge in [-0.25, -0.2) is 0 Å². The lowest BCUT2D eigenvalue weighted by molar-refractivity contribution is -0.138. The number of rotatable bonds is 3. The smallest absolute Gasteiger partial charge is 0.314 e. The summed E-state index contributed by atoms with van der Waals surface area (Å²) in [6, 6.07) is 6.09. The molecule has 0 amide bonds. The third kappa shape index (κ3) is 3.46. The van der Waals surface area contributed by atoms with Crippen molar-refractivity contribution in [1.29, 1.82) is 0 Å². The first kappa shape index (κ1) is 13.4. The third-order valence-electron chi connectivity index (χ3n) is 3.21. The summed E-state index contributed by atoms with van der Waals surface area (Å²) < 4.78 is 38.4. The van der Waals surface area contributed by atoms with Crippen molar-refractivity contribution in [1.82, 2.24) is 10.6 Å². The van der Waals surface area contributed by atoms with E-state index in [0.717, 1.165) is 32.1 Å². The number of nitrogens with one attached hydrogen (secondary N) is 2. The highest BCUT2D eigenvalue weighted by atomic mass is 19.4. The number of hydrogen-bond acceptors (Lipinski definition) is 2. The van der Waals surface area contributed by atoms with E-state index in [4.69, 9.17) is 0 Å². The molecule has 0 saturated carbocycles. The Bertz CT molecular complexity index is 384. The van der Waals surface area contributed by atoms with Crippen LogP contribution in [0.2, 0.25) is 0 Å². The van der Waals surface area contributed by atoms with Crippen molar-refractivity contribution in [2.45, 2.75) is 25.1 Å². The van der Waals surface area contributed by atoms with E-state index >= 15 is 0 Å². The Balaban J connectivity index is 2.00. The lowest BCUT2D eigenvalue weighted by atomic mass is 9.99. The average molecular weight is 258 g/mol. The van der Waals surface area contributed by atoms with E-state index in [1.807, 2.05) is 0 Å². The molecule has 1 fully saturated rings. The van der Waals surface area contributed by atoms with Gasteiger partial charge >= 0.3 is 6.18 Å². The molecule has 0 spiro atoms. The summed E-state index contributed by atoms with van der Waals surface area (Å²) in [7, 11) is 0. The number of alkyl halides is 3. The molecule has 1 heterocycles. The van der Waals surface area contributed by atoms with Crippen LogP contribution in [-0.2, 0) is 12.6 Å². The van der Waals surface area contributed by atoms with E-state index in [-0.39, 0.29) is 6.04 Å². The minimum Gasteiger partial charge on any atom is -0.314 e. The molecule has 1 aromatic rings. The van der Waals surface area contributed by atoms with Gasteiger partial charge in [-0.15, -0.1) is 0 Å². The highest BCUT2D eigenvalue weighted by Gasteiger charge is 2.32. The monoisotopic (exact) mass is 258 g/mol. The first-order chi connectivity index (χ1) is 8.57. The molecule has 2 N–H and O–H groups in total. The molecule has 18 heavy (non-hydrogen) atoms. The van der Waals surface area contributed by atoms with Gasteiger partial charge in [0.1, 0.15) is 0 Å². The van der Waals surface area contributed by atoms with Crippen LogP contribution in [0, 0.1) is 0 Å². The normalized spacial score (nSPS) is 20.9. The molecule has 1 saturated heterocycles. The van der Waals surface area contributed by atoms with Crippen molar-refractivity contribution in [2.75, 3.05) is 19.6 Å². The Kier molecular flexibility index (Phi) is 4.24. The number of aryl methyl sites for hydroxylation is 1. The van der Waals surface area contributed by atoms with Gasteiger partial charge in [0, 0.05) is 25.7 Å². The summed E-state index contributed by atoms with van der Waals surface area (Å²) in [5.74, 6) is 0. The molecule has 100 valence electrons. The molecule has 2 rings (SSSR count). The predicted octanol–water partition coefficient (Wildman–Crippen LogP) is 2.20. The van der Waals surface area contributed by atoms with Crippen molar-refractivity contribution < 1.29 is 13.2 Å². The maximum atomic E-state index is 12.8. The number of hydrogen-bond donors (Lipinski definition) is 2. The van der Waals surface area contributed by atoms with Crippen molar-refractivity contribution in [3.8, 4) is 0 Å². The summed E-state index contributed by atoms with van der Waals surface area (Å²) in [5, 5.41) is 6.54. The van der Waals surface area contributed by atoms with Crippen LogP contribution in [0.5, 0.6) is 0 Å². The lowest BCUT2D eigenvalue weighted by Crippen LogP contribution is -2.48. The van der Waals surface area contributed by atoms with E-state index in [1.165, 1.54) is 6.07 Å². The summed E-state index contributed by atoms with van der Waals surface area (Å²) in [6.07, 6.45) is -3.08. The van der Waals surface area contributed by atoms with Crippen molar-refractivity contribution in [2.24, 2.45) is 0 Å². The lowest BCUT2D eigenvalue weighted by Gasteiger charge is -2.24. The first-order valence-corrected chi connectivity index (χ1v) is 6.16. The van der Waals surface area contributed by atoms with Gasteiger partial charge in [-0.05, 0) is 24.5 Å². The van der Waals surface area contributed by atoms with Crippen molar-refractivity contribution in [3.63, 3.8) is 0 Å². The Labute approximate surface area is 105 Å². The molecule has 1 aromatic carbocycles. The standard InChI is InChI=1S/C13H17F3N2/c14-13(15,16)12-4-2-1-3-10(12)5-6-11-9-17-7-8-18-11/h1-4,11,17-18H,5-9H2. The van der Waals surface area contributed by atoms with Gasteiger partial charge in [-0.3, -0.25) is 0 Å². The quantitative estimate of drug-likeness (QED) is 0.868. The Morgan fingerprint density at radius 3 is 2.61 bits per heavy atom. The molecular weight excluding hydrogens is 241 g/mol. The van der Waals surface area contributed by atoms with Crippen LogP contribution in [0.1, 0.15) is 17.5 Å². The summed E-state index contributed by atoms with van der Waals surface area (Å²) in [6.45, 7) is 2.63. The van der Waals surface area contributed by atoms with E-state index in [2.05, 4.69) is 10.6 Å². The predicted molar refractivity (Wildman–Crippen MR) is 64.4 cm³/mol. The number of benzene rings is 1. The molecule has 1 aliphatic rings. The van der Waals surface area contributed by atoms with Crippen LogP contribution >= 0.6 is 0 Å². The summed E-state index contributed by atoms with van der Waals surface area (Å²) >= 11 is 0. The van der Waals surface area contributed by atoms with Crippen LogP contribution in [0.15, 0.2) is 24.3 Å². The molecule has 0 aromatic heterocycles. The van der Waals surface area contributed by atoms with E-state index in [9.17, 15) is 13.2 Å². The zero-order chi connectivity index (χ0) is 13.0. The fraction of sp³-hybridized carbons (Fsp3) is 0.538. The summed E-state index contributed by atoms with van der Waals surface area (Å²) in [4.78, 5) is 0. The molecule has 0 aliphatic carbocycles. The van der Waals surface area contributed by atoms with Crippen LogP contribution in [0.25, 0.3) is 0 Å². The fourth-order valence-electron chi connectivity index (χ4n) is 2.26. The molecule has 1 atom stereocenters. The van der Waals surface area contributed by atoms with Gasteiger partial charge < -0.3 is 10.6 Å². The largest absolute Gasteiger partial charge is 0.416 e. The number of piperazine rings is 1. The Morgan fingerprint density at radius 2 is 1.94 bits per heavy atom. The number of halogens is 3. The molecular formula is C13H17F3N2. The van der Waals surface area contributed by atoms with E-state index in [1.54, 1.807) is 12.1 Å². The van der Waals surface area contributed by atoms with Gasteiger partial charge in [0.25, 0.3) is 0 Å². The highest BCUT2D eigenvalue weighted by Crippen LogP contribution is 2.32. The summed E-state index contributed by atoms with van der Waals surface area (Å²) in [5.41, 5.74) is -0.119. The average Bonchev–Trinajstić information content (AvgIpc) is 2.37. The minimum absolute atomic E-state index is 0.264. The maximum absolute atomic E-state index is 12.8. The van der Waals surface area contributed by atoms with Gasteiger partial charge in [-0.1, -0.05) is 18.2 Å². The minimum atomic E-state index is -4.26. The first-order valence-electron chi connectivity index (χ1n) is 6.16. The second-order valence-corrected chi connectivity index (χ2v) is 4.55. The third-order valence-corrected chi connectivity index (χ3v) is 3.21. The topological polar surface area (TPSA) is 24.1 Å². The molecule has 5 heteroatoms. The molecule has 1 unspecified atom stereocenters. The second-order valence-electron chi connectivity index (χ2n) is 4.55. The van der Waals surface area contributed by atoms with E-state index in [0.29, 0.717) is 12.0 Å². The highest BCUT2D eigenvalue weighted by molar-refractivity contribution is 5.29. The zero-order valence-corrected chi connectivity index (χ0v) is 10.1. The van der Waals surface area contributed by atoms with Gasteiger partial charge in [0.05, 0.1) is 5.56 Å². The Hall–Kier alpha value is -1.07. The molecule has 2 nitrogen and oxygen atoms in total. The second kappa shape index (κ2) is 5.71. The van der Waals surface area contributed by atoms with Crippen molar-refractivity contribution >= 4 is 0 Å². The fourth-order valence-corrected chi connectivity index (χ4v) is 2.26. The molecule has 0 bridgehead atoms. The van der Waals surface area contributed by atoms with Crippen LogP contribution in [0.3, 0.4) is 0 Å². The molecule has 0 radical (unpaired) electrons. The zero-order valence-electron chi connectivity index (χ0n) is 10.1. The maximum Gasteiger partial charge on any atom is 0.416 e.